The van der Waals surface area contributed by atoms with Crippen molar-refractivity contribution in [2.75, 3.05) is 0 Å². The van der Waals surface area contributed by atoms with E-state index in [-0.39, 0.29) is 27.1 Å². The number of benzene rings is 2. The Morgan fingerprint density at radius 3 is 2.21 bits per heavy atom. The summed E-state index contributed by atoms with van der Waals surface area (Å²) in [6.45, 7) is 0. The Morgan fingerprint density at radius 1 is 0.929 bits per heavy atom. The Balaban J connectivity index is 2.14. The lowest BCUT2D eigenvalue weighted by Gasteiger charge is -2.12. The second-order valence-corrected chi connectivity index (χ2v) is 5.79. The van der Waals surface area contributed by atoms with Crippen LogP contribution in [0.15, 0.2) is 54.6 Å². The fourth-order valence-corrected chi connectivity index (χ4v) is 2.69. The van der Waals surface area contributed by atoms with Gasteiger partial charge >= 0.3 is 11.9 Å². The van der Waals surface area contributed by atoms with Crippen molar-refractivity contribution in [3.05, 3.63) is 75.6 Å². The maximum Gasteiger partial charge on any atom is 0.478 e. The Kier molecular flexibility index (Phi) is 4.55. The van der Waals surface area contributed by atoms with Gasteiger partial charge in [-0.15, -0.1) is 0 Å². The number of nitrogens with zero attached hydrogens (tertiary/aromatic N) is 2. The molecule has 28 heavy (non-hydrogen) atoms. The molecule has 0 aliphatic heterocycles. The molecule has 3 aromatic rings. The average molecular weight is 392 g/mol. The molecule has 0 fully saturated rings. The van der Waals surface area contributed by atoms with Crippen molar-refractivity contribution in [1.29, 1.82) is 0 Å². The molecule has 0 spiro atoms. The average Bonchev–Trinajstić information content (AvgIpc) is 2.63. The van der Waals surface area contributed by atoms with Crippen LogP contribution in [0.5, 0.6) is 11.5 Å². The molecule has 1 aromatic heterocycles. The van der Waals surface area contributed by atoms with Crippen LogP contribution in [0.3, 0.4) is 0 Å². The first-order chi connectivity index (χ1) is 13.1. The number of phenolic OH excluding ortho intramolecular Hbond substituents is 2. The Labute approximate surface area is 155 Å². The van der Waals surface area contributed by atoms with E-state index in [1.807, 2.05) is 0 Å². The van der Waals surface area contributed by atoms with Gasteiger partial charge in [-0.2, -0.15) is 17.9 Å². The van der Waals surface area contributed by atoms with Crippen LogP contribution in [0.2, 0.25) is 0 Å². The van der Waals surface area contributed by atoms with Crippen LogP contribution in [-0.4, -0.2) is 15.1 Å². The summed E-state index contributed by atoms with van der Waals surface area (Å²) in [5.74, 6) is -1.63. The number of hydrogen-bond donors (Lipinski definition) is 2. The number of hydrogen-bond acceptors (Lipinski definition) is 5. The molecule has 1 heterocycles. The molecule has 0 aliphatic rings. The molecule has 0 amide bonds. The molecule has 0 unspecified atom stereocenters. The minimum atomic E-state index is -4.83. The summed E-state index contributed by atoms with van der Waals surface area (Å²) < 4.78 is 38.6. The van der Waals surface area contributed by atoms with Gasteiger partial charge in [0, 0.05) is 23.8 Å². The summed E-state index contributed by atoms with van der Waals surface area (Å²) in [7, 11) is 0. The summed E-state index contributed by atoms with van der Waals surface area (Å²) in [5.41, 5.74) is -1.84. The molecule has 2 aromatic carbocycles. The zero-order valence-electron chi connectivity index (χ0n) is 13.8. The highest BCUT2D eigenvalue weighted by molar-refractivity contribution is 5.75. The maximum absolute atomic E-state index is 13.0. The number of aromatic hydroxyl groups is 2. The standard InChI is InChI=1S/C18H11F3N2O5/c19-18(20,21)16-6-2-5-13(22(16)26)11-4-1-3-10(7-11)12-8-14(23(27)28)17(25)15(24)9-12/h1-9,24-25H. The van der Waals surface area contributed by atoms with Crippen LogP contribution >= 0.6 is 0 Å². The van der Waals surface area contributed by atoms with Gasteiger partial charge in [0.05, 0.1) is 4.92 Å². The molecular weight excluding hydrogens is 381 g/mol. The van der Waals surface area contributed by atoms with Gasteiger partial charge in [0.2, 0.25) is 11.4 Å². The molecule has 144 valence electrons. The predicted octanol–water partition coefficient (Wildman–Crippen LogP) is 3.99. The topological polar surface area (TPSA) is 111 Å². The van der Waals surface area contributed by atoms with Gasteiger partial charge in [0.25, 0.3) is 5.69 Å². The van der Waals surface area contributed by atoms with Gasteiger partial charge in [0.15, 0.2) is 5.75 Å². The van der Waals surface area contributed by atoms with E-state index in [9.17, 15) is 38.7 Å². The number of alkyl halides is 3. The van der Waals surface area contributed by atoms with Crippen LogP contribution < -0.4 is 4.73 Å². The number of rotatable bonds is 3. The third-order valence-electron chi connectivity index (χ3n) is 3.99. The van der Waals surface area contributed by atoms with Gasteiger partial charge in [-0.1, -0.05) is 12.1 Å². The molecule has 0 bridgehead atoms. The monoisotopic (exact) mass is 392 g/mol. The third kappa shape index (κ3) is 3.39. The van der Waals surface area contributed by atoms with Crippen molar-refractivity contribution in [2.24, 2.45) is 0 Å². The normalized spacial score (nSPS) is 11.4. The number of halogens is 3. The van der Waals surface area contributed by atoms with E-state index in [4.69, 9.17) is 0 Å². The first kappa shape index (κ1) is 19.0. The lowest BCUT2D eigenvalue weighted by atomic mass is 10.00. The summed E-state index contributed by atoms with van der Waals surface area (Å²) >= 11 is 0. The van der Waals surface area contributed by atoms with Gasteiger partial charge < -0.3 is 15.4 Å². The van der Waals surface area contributed by atoms with Crippen molar-refractivity contribution in [3.8, 4) is 33.9 Å². The first-order valence-electron chi connectivity index (χ1n) is 7.70. The summed E-state index contributed by atoms with van der Waals surface area (Å²) in [6.07, 6.45) is -4.83. The van der Waals surface area contributed by atoms with Gasteiger partial charge in [-0.3, -0.25) is 10.1 Å². The largest absolute Gasteiger partial charge is 0.618 e. The van der Waals surface area contributed by atoms with Crippen LogP contribution in [0.1, 0.15) is 5.69 Å². The van der Waals surface area contributed by atoms with Gasteiger partial charge in [0.1, 0.15) is 0 Å². The van der Waals surface area contributed by atoms with E-state index in [1.54, 1.807) is 0 Å². The lowest BCUT2D eigenvalue weighted by Crippen LogP contribution is -2.38. The zero-order valence-corrected chi connectivity index (χ0v) is 13.8. The molecule has 2 N–H and O–H groups in total. The Bertz CT molecular complexity index is 1080. The van der Waals surface area contributed by atoms with Crippen LogP contribution in [0.25, 0.3) is 22.4 Å². The molecule has 0 aliphatic carbocycles. The number of pyridine rings is 1. The third-order valence-corrected chi connectivity index (χ3v) is 3.99. The first-order valence-corrected chi connectivity index (χ1v) is 7.70. The second kappa shape index (κ2) is 6.72. The second-order valence-electron chi connectivity index (χ2n) is 5.79. The van der Waals surface area contributed by atoms with Crippen molar-refractivity contribution in [3.63, 3.8) is 0 Å². The molecule has 0 saturated carbocycles. The molecule has 0 atom stereocenters. The predicted molar refractivity (Wildman–Crippen MR) is 91.3 cm³/mol. The van der Waals surface area contributed by atoms with Gasteiger partial charge in [-0.05, 0) is 35.4 Å². The highest BCUT2D eigenvalue weighted by Gasteiger charge is 2.40. The van der Waals surface area contributed by atoms with Crippen LogP contribution in [-0.2, 0) is 6.18 Å². The summed E-state index contributed by atoms with van der Waals surface area (Å²) in [5, 5.41) is 42.4. The zero-order chi connectivity index (χ0) is 20.6. The van der Waals surface area contributed by atoms with E-state index < -0.39 is 34.0 Å². The molecule has 10 heteroatoms. The van der Waals surface area contributed by atoms with E-state index in [1.165, 1.54) is 30.3 Å². The minimum Gasteiger partial charge on any atom is -0.618 e. The fraction of sp³-hybridized carbons (Fsp3) is 0.0556. The molecule has 0 saturated heterocycles. The van der Waals surface area contributed by atoms with Crippen molar-refractivity contribution >= 4 is 5.69 Å². The minimum absolute atomic E-state index is 0.133. The Hall–Kier alpha value is -3.82. The smallest absolute Gasteiger partial charge is 0.478 e. The van der Waals surface area contributed by atoms with Crippen molar-refractivity contribution < 1.29 is 33.0 Å². The highest BCUT2D eigenvalue weighted by Crippen LogP contribution is 2.40. The SMILES string of the molecule is O=[N+]([O-])c1cc(-c2cccc(-c3cccc(C(F)(F)F)[n+]3[O-])c2)cc(O)c1O. The van der Waals surface area contributed by atoms with E-state index in [0.717, 1.165) is 18.2 Å². The van der Waals surface area contributed by atoms with Crippen molar-refractivity contribution in [1.82, 2.24) is 0 Å². The van der Waals surface area contributed by atoms with Crippen LogP contribution in [0, 0.1) is 15.3 Å². The molecular formula is C18H11F3N2O5. The molecule has 0 radical (unpaired) electrons. The Morgan fingerprint density at radius 2 is 1.57 bits per heavy atom. The maximum atomic E-state index is 13.0. The van der Waals surface area contributed by atoms with Gasteiger partial charge in [-0.25, -0.2) is 0 Å². The van der Waals surface area contributed by atoms with Crippen molar-refractivity contribution in [2.45, 2.75) is 6.18 Å². The quantitative estimate of drug-likeness (QED) is 0.230. The number of nitro groups is 1. The number of aromatic nitrogens is 1. The molecule has 7 nitrogen and oxygen atoms in total. The lowest BCUT2D eigenvalue weighted by molar-refractivity contribution is -0.618. The highest BCUT2D eigenvalue weighted by atomic mass is 19.4. The number of nitro benzene ring substituents is 1. The fourth-order valence-electron chi connectivity index (χ4n) is 2.69. The van der Waals surface area contributed by atoms with E-state index in [0.29, 0.717) is 6.07 Å². The molecule has 3 rings (SSSR count). The summed E-state index contributed by atoms with van der Waals surface area (Å²) in [4.78, 5) is 10.1. The summed E-state index contributed by atoms with van der Waals surface area (Å²) in [6, 6.07) is 10.7. The van der Waals surface area contributed by atoms with E-state index in [2.05, 4.69) is 0 Å². The van der Waals surface area contributed by atoms with Crippen LogP contribution in [0.4, 0.5) is 18.9 Å². The number of phenols is 2. The van der Waals surface area contributed by atoms with E-state index >= 15 is 0 Å².